The summed E-state index contributed by atoms with van der Waals surface area (Å²) < 4.78 is 1.23. The Morgan fingerprint density at radius 1 is 1.24 bits per heavy atom. The van der Waals surface area contributed by atoms with E-state index in [0.717, 1.165) is 5.56 Å². The number of aromatic nitrogens is 2. The highest BCUT2D eigenvalue weighted by molar-refractivity contribution is 6.29. The Hall–Kier alpha value is -1.87. The summed E-state index contributed by atoms with van der Waals surface area (Å²) in [4.78, 5) is 11.7. The van der Waals surface area contributed by atoms with Crippen LogP contribution in [0.25, 0.3) is 12.2 Å². The lowest BCUT2D eigenvalue weighted by Crippen LogP contribution is -2.21. The lowest BCUT2D eigenvalue weighted by Gasteiger charge is -1.99. The first-order valence-corrected chi connectivity index (χ1v) is 5.51. The molecule has 0 unspecified atom stereocenters. The molecule has 0 aliphatic rings. The third-order valence-corrected chi connectivity index (χ3v) is 2.50. The predicted octanol–water partition coefficient (Wildman–Crippen LogP) is 2.60. The van der Waals surface area contributed by atoms with E-state index in [0.29, 0.717) is 10.7 Å². The maximum atomic E-state index is 11.7. The van der Waals surface area contributed by atoms with Crippen LogP contribution in [0.4, 0.5) is 0 Å². The van der Waals surface area contributed by atoms with Crippen molar-refractivity contribution in [1.29, 1.82) is 0 Å². The molecule has 17 heavy (non-hydrogen) atoms. The summed E-state index contributed by atoms with van der Waals surface area (Å²) in [5.74, 6) is 0. The standard InChI is InChI=1S/C13H11ClN2O/c1-16-13(17)11(9-12(14)15-16)8-7-10-5-3-2-4-6-10/h2-9H,1H3/b8-7+. The van der Waals surface area contributed by atoms with E-state index in [9.17, 15) is 4.79 Å². The van der Waals surface area contributed by atoms with E-state index in [-0.39, 0.29) is 5.56 Å². The van der Waals surface area contributed by atoms with Crippen LogP contribution in [-0.4, -0.2) is 9.78 Å². The fourth-order valence-corrected chi connectivity index (χ4v) is 1.69. The van der Waals surface area contributed by atoms with Crippen LogP contribution in [0.2, 0.25) is 5.15 Å². The van der Waals surface area contributed by atoms with Gasteiger partial charge in [-0.25, -0.2) is 4.68 Å². The quantitative estimate of drug-likeness (QED) is 0.817. The van der Waals surface area contributed by atoms with Crippen LogP contribution in [-0.2, 0) is 7.05 Å². The van der Waals surface area contributed by atoms with E-state index in [4.69, 9.17) is 11.6 Å². The molecule has 1 heterocycles. The van der Waals surface area contributed by atoms with Gasteiger partial charge < -0.3 is 0 Å². The molecule has 86 valence electrons. The number of halogens is 1. The van der Waals surface area contributed by atoms with Gasteiger partial charge in [-0.1, -0.05) is 48.0 Å². The van der Waals surface area contributed by atoms with Crippen LogP contribution >= 0.6 is 11.6 Å². The Morgan fingerprint density at radius 3 is 2.65 bits per heavy atom. The van der Waals surface area contributed by atoms with Crippen LogP contribution in [0.3, 0.4) is 0 Å². The van der Waals surface area contributed by atoms with Crippen molar-refractivity contribution in [2.24, 2.45) is 7.05 Å². The molecule has 3 nitrogen and oxygen atoms in total. The monoisotopic (exact) mass is 246 g/mol. The molecular formula is C13H11ClN2O. The number of hydrogen-bond donors (Lipinski definition) is 0. The second kappa shape index (κ2) is 4.97. The first-order valence-electron chi connectivity index (χ1n) is 5.14. The molecule has 1 aromatic carbocycles. The smallest absolute Gasteiger partial charge is 0.267 e. The molecular weight excluding hydrogens is 236 g/mol. The van der Waals surface area contributed by atoms with Gasteiger partial charge in [-0.15, -0.1) is 0 Å². The zero-order chi connectivity index (χ0) is 12.3. The minimum atomic E-state index is -0.165. The lowest BCUT2D eigenvalue weighted by molar-refractivity contribution is 0.706. The van der Waals surface area contributed by atoms with Crippen LogP contribution < -0.4 is 5.56 Å². The summed E-state index contributed by atoms with van der Waals surface area (Å²) in [5.41, 5.74) is 1.39. The zero-order valence-electron chi connectivity index (χ0n) is 9.30. The van der Waals surface area contributed by atoms with Gasteiger partial charge in [0.05, 0.1) is 0 Å². The predicted molar refractivity (Wildman–Crippen MR) is 69.9 cm³/mol. The number of rotatable bonds is 2. The van der Waals surface area contributed by atoms with Gasteiger partial charge in [0, 0.05) is 12.6 Å². The van der Waals surface area contributed by atoms with Gasteiger partial charge in [-0.2, -0.15) is 5.10 Å². The summed E-state index contributed by atoms with van der Waals surface area (Å²) in [6.07, 6.45) is 3.61. The SMILES string of the molecule is Cn1nc(Cl)cc(/C=C/c2ccccc2)c1=O. The van der Waals surface area contributed by atoms with Crippen molar-refractivity contribution in [3.63, 3.8) is 0 Å². The third-order valence-electron chi connectivity index (χ3n) is 2.32. The summed E-state index contributed by atoms with van der Waals surface area (Å²) in [5, 5.41) is 4.13. The normalized spacial score (nSPS) is 10.9. The molecule has 2 rings (SSSR count). The van der Waals surface area contributed by atoms with Gasteiger partial charge in [-0.3, -0.25) is 4.79 Å². The summed E-state index contributed by atoms with van der Waals surface area (Å²) >= 11 is 5.80. The van der Waals surface area contributed by atoms with E-state index in [2.05, 4.69) is 5.10 Å². The van der Waals surface area contributed by atoms with Crippen molar-refractivity contribution in [3.8, 4) is 0 Å². The average Bonchev–Trinajstić information content (AvgIpc) is 2.33. The largest absolute Gasteiger partial charge is 0.273 e. The van der Waals surface area contributed by atoms with E-state index in [1.54, 1.807) is 19.2 Å². The summed E-state index contributed by atoms with van der Waals surface area (Å²) in [7, 11) is 1.58. The van der Waals surface area contributed by atoms with Crippen molar-refractivity contribution in [2.75, 3.05) is 0 Å². The molecule has 0 aliphatic heterocycles. The maximum absolute atomic E-state index is 11.7. The molecule has 1 aromatic heterocycles. The maximum Gasteiger partial charge on any atom is 0.273 e. The molecule has 0 fully saturated rings. The van der Waals surface area contributed by atoms with Gasteiger partial charge in [-0.05, 0) is 17.7 Å². The summed E-state index contributed by atoms with van der Waals surface area (Å²) in [6.45, 7) is 0. The Labute approximate surface area is 104 Å². The Bertz CT molecular complexity index is 603. The molecule has 0 saturated carbocycles. The van der Waals surface area contributed by atoms with Crippen LogP contribution in [0.1, 0.15) is 11.1 Å². The minimum Gasteiger partial charge on any atom is -0.267 e. The van der Waals surface area contributed by atoms with Crippen LogP contribution in [0.5, 0.6) is 0 Å². The third kappa shape index (κ3) is 2.82. The molecule has 0 aliphatic carbocycles. The highest BCUT2D eigenvalue weighted by Gasteiger charge is 2.01. The van der Waals surface area contributed by atoms with Gasteiger partial charge >= 0.3 is 0 Å². The molecule has 0 radical (unpaired) electrons. The fourth-order valence-electron chi connectivity index (χ4n) is 1.46. The minimum absolute atomic E-state index is 0.165. The van der Waals surface area contributed by atoms with Gasteiger partial charge in [0.25, 0.3) is 5.56 Å². The average molecular weight is 247 g/mol. The number of benzene rings is 1. The fraction of sp³-hybridized carbons (Fsp3) is 0.0769. The van der Waals surface area contributed by atoms with E-state index in [1.807, 2.05) is 36.4 Å². The second-order valence-corrected chi connectivity index (χ2v) is 3.98. The Kier molecular flexibility index (Phi) is 3.40. The van der Waals surface area contributed by atoms with Crippen molar-refractivity contribution in [1.82, 2.24) is 9.78 Å². The van der Waals surface area contributed by atoms with E-state index in [1.165, 1.54) is 4.68 Å². The first kappa shape index (κ1) is 11.6. The molecule has 0 amide bonds. The molecule has 0 atom stereocenters. The Balaban J connectivity index is 2.37. The van der Waals surface area contributed by atoms with Crippen molar-refractivity contribution < 1.29 is 0 Å². The first-order chi connectivity index (χ1) is 8.16. The van der Waals surface area contributed by atoms with Crippen molar-refractivity contribution in [3.05, 3.63) is 63.0 Å². The second-order valence-electron chi connectivity index (χ2n) is 3.60. The number of hydrogen-bond acceptors (Lipinski definition) is 2. The van der Waals surface area contributed by atoms with E-state index >= 15 is 0 Å². The number of nitrogens with zero attached hydrogens (tertiary/aromatic N) is 2. The number of aryl methyl sites for hydroxylation is 1. The summed E-state index contributed by atoms with van der Waals surface area (Å²) in [6, 6.07) is 11.3. The van der Waals surface area contributed by atoms with Crippen molar-refractivity contribution in [2.45, 2.75) is 0 Å². The molecule has 0 bridgehead atoms. The molecule has 4 heteroatoms. The highest BCUT2D eigenvalue weighted by Crippen LogP contribution is 2.08. The molecule has 0 N–H and O–H groups in total. The van der Waals surface area contributed by atoms with Gasteiger partial charge in [0.15, 0.2) is 0 Å². The lowest BCUT2D eigenvalue weighted by atomic mass is 10.2. The van der Waals surface area contributed by atoms with Gasteiger partial charge in [0.1, 0.15) is 5.15 Å². The topological polar surface area (TPSA) is 34.9 Å². The molecule has 0 saturated heterocycles. The van der Waals surface area contributed by atoms with Crippen molar-refractivity contribution >= 4 is 23.8 Å². The van der Waals surface area contributed by atoms with Gasteiger partial charge in [0.2, 0.25) is 0 Å². The van der Waals surface area contributed by atoms with Crippen LogP contribution in [0, 0.1) is 0 Å². The molecule has 2 aromatic rings. The van der Waals surface area contributed by atoms with E-state index < -0.39 is 0 Å². The van der Waals surface area contributed by atoms with Crippen LogP contribution in [0.15, 0.2) is 41.2 Å². The molecule has 0 spiro atoms. The highest BCUT2D eigenvalue weighted by atomic mass is 35.5. The zero-order valence-corrected chi connectivity index (χ0v) is 10.1. The Morgan fingerprint density at radius 2 is 1.94 bits per heavy atom.